The molecule has 0 unspecified atom stereocenters. The molecule has 0 amide bonds. The molecule has 0 spiro atoms. The van der Waals surface area contributed by atoms with Crippen molar-refractivity contribution in [3.05, 3.63) is 48.4 Å². The number of benzene rings is 1. The van der Waals surface area contributed by atoms with Crippen LogP contribution in [0.4, 0.5) is 0 Å². The Bertz CT molecular complexity index is 797. The van der Waals surface area contributed by atoms with Crippen LogP contribution >= 0.6 is 0 Å². The van der Waals surface area contributed by atoms with E-state index in [1.54, 1.807) is 26.6 Å². The SMILES string of the molecule is CCc1[nH]c(-c2ccc(OC)cc2OC)nc1-c1ccncc1. The Balaban J connectivity index is 2.10. The van der Waals surface area contributed by atoms with Gasteiger partial charge in [0.05, 0.1) is 25.5 Å². The summed E-state index contributed by atoms with van der Waals surface area (Å²) in [4.78, 5) is 12.3. The van der Waals surface area contributed by atoms with Gasteiger partial charge in [-0.05, 0) is 30.7 Å². The highest BCUT2D eigenvalue weighted by molar-refractivity contribution is 5.71. The van der Waals surface area contributed by atoms with E-state index in [9.17, 15) is 0 Å². The fourth-order valence-electron chi connectivity index (χ4n) is 2.54. The van der Waals surface area contributed by atoms with E-state index in [0.29, 0.717) is 0 Å². The predicted octanol–water partition coefficient (Wildman–Crippen LogP) is 3.72. The van der Waals surface area contributed by atoms with E-state index >= 15 is 0 Å². The number of aromatic amines is 1. The molecule has 0 atom stereocenters. The van der Waals surface area contributed by atoms with Crippen molar-refractivity contribution in [1.29, 1.82) is 0 Å². The van der Waals surface area contributed by atoms with E-state index in [1.807, 2.05) is 30.3 Å². The molecule has 0 bridgehead atoms. The highest BCUT2D eigenvalue weighted by atomic mass is 16.5. The zero-order valence-electron chi connectivity index (χ0n) is 13.5. The molecule has 23 heavy (non-hydrogen) atoms. The highest BCUT2D eigenvalue weighted by Crippen LogP contribution is 2.34. The van der Waals surface area contributed by atoms with Crippen molar-refractivity contribution in [3.8, 4) is 34.1 Å². The summed E-state index contributed by atoms with van der Waals surface area (Å²) in [5.41, 5.74) is 3.99. The molecule has 5 heteroatoms. The number of imidazole rings is 1. The first-order chi connectivity index (χ1) is 11.3. The summed E-state index contributed by atoms with van der Waals surface area (Å²) in [5.74, 6) is 2.26. The number of hydrogen-bond acceptors (Lipinski definition) is 4. The van der Waals surface area contributed by atoms with Crippen LogP contribution < -0.4 is 9.47 Å². The molecule has 0 aliphatic carbocycles. The number of nitrogens with one attached hydrogen (secondary N) is 1. The van der Waals surface area contributed by atoms with E-state index < -0.39 is 0 Å². The molecule has 0 aliphatic rings. The van der Waals surface area contributed by atoms with E-state index in [-0.39, 0.29) is 0 Å². The smallest absolute Gasteiger partial charge is 0.142 e. The second kappa shape index (κ2) is 6.52. The second-order valence-corrected chi connectivity index (χ2v) is 5.07. The van der Waals surface area contributed by atoms with E-state index in [0.717, 1.165) is 46.3 Å². The third-order valence-electron chi connectivity index (χ3n) is 3.75. The van der Waals surface area contributed by atoms with Gasteiger partial charge in [-0.25, -0.2) is 4.98 Å². The summed E-state index contributed by atoms with van der Waals surface area (Å²) >= 11 is 0. The minimum atomic E-state index is 0.724. The number of methoxy groups -OCH3 is 2. The van der Waals surface area contributed by atoms with Gasteiger partial charge in [-0.1, -0.05) is 6.92 Å². The zero-order valence-corrected chi connectivity index (χ0v) is 13.5. The lowest BCUT2D eigenvalue weighted by Crippen LogP contribution is -1.91. The van der Waals surface area contributed by atoms with Gasteiger partial charge in [0.25, 0.3) is 0 Å². The number of H-pyrrole nitrogens is 1. The maximum atomic E-state index is 5.48. The first-order valence-corrected chi connectivity index (χ1v) is 7.48. The van der Waals surface area contributed by atoms with E-state index in [2.05, 4.69) is 16.9 Å². The molecule has 0 radical (unpaired) electrons. The van der Waals surface area contributed by atoms with Gasteiger partial charge in [0, 0.05) is 29.7 Å². The zero-order chi connectivity index (χ0) is 16.2. The van der Waals surface area contributed by atoms with Crippen LogP contribution in [-0.2, 0) is 6.42 Å². The monoisotopic (exact) mass is 309 g/mol. The minimum absolute atomic E-state index is 0.724. The number of ether oxygens (including phenoxy) is 2. The Morgan fingerprint density at radius 1 is 1.04 bits per heavy atom. The Morgan fingerprint density at radius 2 is 1.83 bits per heavy atom. The number of aromatic nitrogens is 3. The summed E-state index contributed by atoms with van der Waals surface area (Å²) < 4.78 is 10.7. The lowest BCUT2D eigenvalue weighted by atomic mass is 10.1. The Hall–Kier alpha value is -2.82. The molecule has 1 aromatic carbocycles. The molecule has 1 N–H and O–H groups in total. The fourth-order valence-corrected chi connectivity index (χ4v) is 2.54. The van der Waals surface area contributed by atoms with Crippen molar-refractivity contribution in [2.75, 3.05) is 14.2 Å². The summed E-state index contributed by atoms with van der Waals surface area (Å²) in [6.07, 6.45) is 4.41. The molecule has 3 rings (SSSR count). The van der Waals surface area contributed by atoms with Crippen molar-refractivity contribution in [2.45, 2.75) is 13.3 Å². The topological polar surface area (TPSA) is 60.0 Å². The van der Waals surface area contributed by atoms with Gasteiger partial charge in [0.2, 0.25) is 0 Å². The van der Waals surface area contributed by atoms with Gasteiger partial charge in [0.1, 0.15) is 17.3 Å². The number of aryl methyl sites for hydroxylation is 1. The van der Waals surface area contributed by atoms with Crippen molar-refractivity contribution < 1.29 is 9.47 Å². The standard InChI is InChI=1S/C18H19N3O2/c1-4-15-17(12-7-9-19-10-8-12)21-18(20-15)14-6-5-13(22-2)11-16(14)23-3/h5-11H,4H2,1-3H3,(H,20,21). The van der Waals surface area contributed by atoms with Crippen LogP contribution in [0.5, 0.6) is 11.5 Å². The van der Waals surface area contributed by atoms with Crippen LogP contribution in [0, 0.1) is 0 Å². The Morgan fingerprint density at radius 3 is 2.48 bits per heavy atom. The summed E-state index contributed by atoms with van der Waals surface area (Å²) in [5, 5.41) is 0. The van der Waals surface area contributed by atoms with Gasteiger partial charge in [0.15, 0.2) is 0 Å². The van der Waals surface area contributed by atoms with Crippen molar-refractivity contribution in [2.24, 2.45) is 0 Å². The molecule has 3 aromatic rings. The molecular formula is C18H19N3O2. The first kappa shape index (κ1) is 15.1. The maximum Gasteiger partial charge on any atom is 0.142 e. The quantitative estimate of drug-likeness (QED) is 0.780. The molecular weight excluding hydrogens is 290 g/mol. The highest BCUT2D eigenvalue weighted by Gasteiger charge is 2.15. The molecule has 0 fully saturated rings. The van der Waals surface area contributed by atoms with Gasteiger partial charge in [-0.3, -0.25) is 4.98 Å². The van der Waals surface area contributed by atoms with Crippen LogP contribution in [0.2, 0.25) is 0 Å². The van der Waals surface area contributed by atoms with Crippen LogP contribution in [0.25, 0.3) is 22.6 Å². The first-order valence-electron chi connectivity index (χ1n) is 7.48. The van der Waals surface area contributed by atoms with Gasteiger partial charge < -0.3 is 14.5 Å². The Kier molecular flexibility index (Phi) is 4.28. The number of hydrogen-bond donors (Lipinski definition) is 1. The Labute approximate surface area is 135 Å². The average Bonchev–Trinajstić information content (AvgIpc) is 3.06. The van der Waals surface area contributed by atoms with Crippen LogP contribution in [0.1, 0.15) is 12.6 Å². The van der Waals surface area contributed by atoms with Gasteiger partial charge >= 0.3 is 0 Å². The molecule has 0 saturated carbocycles. The van der Waals surface area contributed by atoms with E-state index in [1.165, 1.54) is 0 Å². The van der Waals surface area contributed by atoms with Gasteiger partial charge in [-0.15, -0.1) is 0 Å². The summed E-state index contributed by atoms with van der Waals surface area (Å²) in [6, 6.07) is 9.63. The second-order valence-electron chi connectivity index (χ2n) is 5.07. The predicted molar refractivity (Wildman–Crippen MR) is 89.7 cm³/mol. The van der Waals surface area contributed by atoms with Crippen molar-refractivity contribution in [1.82, 2.24) is 15.0 Å². The summed E-state index contributed by atoms with van der Waals surface area (Å²) in [6.45, 7) is 2.10. The van der Waals surface area contributed by atoms with E-state index in [4.69, 9.17) is 14.5 Å². The average molecular weight is 309 g/mol. The number of pyridine rings is 1. The van der Waals surface area contributed by atoms with Crippen LogP contribution in [0.15, 0.2) is 42.7 Å². The lowest BCUT2D eigenvalue weighted by molar-refractivity contribution is 0.395. The van der Waals surface area contributed by atoms with Crippen molar-refractivity contribution in [3.63, 3.8) is 0 Å². The van der Waals surface area contributed by atoms with Gasteiger partial charge in [-0.2, -0.15) is 0 Å². The molecule has 5 nitrogen and oxygen atoms in total. The van der Waals surface area contributed by atoms with Crippen LogP contribution in [0.3, 0.4) is 0 Å². The molecule has 118 valence electrons. The third kappa shape index (κ3) is 2.90. The third-order valence-corrected chi connectivity index (χ3v) is 3.75. The normalized spacial score (nSPS) is 10.6. The molecule has 2 heterocycles. The fraction of sp³-hybridized carbons (Fsp3) is 0.222. The number of nitrogens with zero attached hydrogens (tertiary/aromatic N) is 2. The minimum Gasteiger partial charge on any atom is -0.497 e. The molecule has 0 saturated heterocycles. The lowest BCUT2D eigenvalue weighted by Gasteiger charge is -2.08. The summed E-state index contributed by atoms with van der Waals surface area (Å²) in [7, 11) is 3.28. The van der Waals surface area contributed by atoms with Crippen molar-refractivity contribution >= 4 is 0 Å². The largest absolute Gasteiger partial charge is 0.497 e. The number of rotatable bonds is 5. The molecule has 2 aromatic heterocycles. The maximum absolute atomic E-state index is 5.48. The molecule has 0 aliphatic heterocycles. The van der Waals surface area contributed by atoms with Crippen LogP contribution in [-0.4, -0.2) is 29.2 Å².